The highest BCUT2D eigenvalue weighted by atomic mass is 16.7. The molecule has 6 rings (SSSR count). The van der Waals surface area contributed by atoms with E-state index in [0.717, 1.165) is 11.1 Å². The predicted molar refractivity (Wildman–Crippen MR) is 164 cm³/mol. The van der Waals surface area contributed by atoms with E-state index in [1.54, 1.807) is 20.8 Å². The van der Waals surface area contributed by atoms with Gasteiger partial charge in [-0.25, -0.2) is 0 Å². The summed E-state index contributed by atoms with van der Waals surface area (Å²) in [5, 5.41) is 38.1. The SMILES string of the molecule is C=C(C)C1=C(C)C2(O)C34OC(=O)CC(C)([C@@]3(OCOCc3ccccc3)CCC(C)C4OCOCc3ccccc3)[C@]2(O)C1O. The molecule has 3 N–H and O–H groups in total. The Morgan fingerprint density at radius 3 is 2.16 bits per heavy atom. The summed E-state index contributed by atoms with van der Waals surface area (Å²) in [7, 11) is 0. The van der Waals surface area contributed by atoms with Gasteiger partial charge in [-0.1, -0.05) is 86.7 Å². The molecule has 0 amide bonds. The van der Waals surface area contributed by atoms with Gasteiger partial charge in [0.15, 0.2) is 5.60 Å². The normalized spacial score (nSPS) is 38.6. The highest BCUT2D eigenvalue weighted by molar-refractivity contribution is 5.78. The van der Waals surface area contributed by atoms with Crippen LogP contribution in [0.3, 0.4) is 0 Å². The van der Waals surface area contributed by atoms with E-state index in [9.17, 15) is 20.1 Å². The number of aliphatic hydroxyl groups excluding tert-OH is 1. The Bertz CT molecular complexity index is 1480. The molecular formula is C36H44O9. The minimum absolute atomic E-state index is 0.173. The molecule has 9 nitrogen and oxygen atoms in total. The summed E-state index contributed by atoms with van der Waals surface area (Å²) < 4.78 is 31.5. The average molecular weight is 621 g/mol. The van der Waals surface area contributed by atoms with E-state index in [1.165, 1.54) is 0 Å². The molecule has 2 saturated carbocycles. The van der Waals surface area contributed by atoms with Crippen molar-refractivity contribution in [1.82, 2.24) is 0 Å². The minimum atomic E-state index is -2.30. The van der Waals surface area contributed by atoms with Crippen molar-refractivity contribution < 1.29 is 43.8 Å². The Labute approximate surface area is 264 Å². The maximum atomic E-state index is 13.6. The average Bonchev–Trinajstić information content (AvgIpc) is 3.21. The molecule has 6 unspecified atom stereocenters. The van der Waals surface area contributed by atoms with Gasteiger partial charge in [0.25, 0.3) is 0 Å². The Morgan fingerprint density at radius 2 is 1.58 bits per heavy atom. The van der Waals surface area contributed by atoms with Crippen LogP contribution < -0.4 is 0 Å². The van der Waals surface area contributed by atoms with E-state index >= 15 is 0 Å². The van der Waals surface area contributed by atoms with Crippen LogP contribution in [0.2, 0.25) is 0 Å². The molecule has 8 atom stereocenters. The summed E-state index contributed by atoms with van der Waals surface area (Å²) in [4.78, 5) is 13.6. The summed E-state index contributed by atoms with van der Waals surface area (Å²) in [6.07, 6.45) is -1.98. The van der Waals surface area contributed by atoms with Gasteiger partial charge in [0, 0.05) is 5.41 Å². The van der Waals surface area contributed by atoms with Crippen LogP contribution in [0.4, 0.5) is 0 Å². The molecule has 0 aromatic heterocycles. The Morgan fingerprint density at radius 1 is 1.00 bits per heavy atom. The van der Waals surface area contributed by atoms with E-state index in [2.05, 4.69) is 6.58 Å². The standard InChI is InChI=1S/C36H44O9/c1-23(2)29-25(4)34(39)35(40,30(29)38)32(5)18-28(37)45-36(34)31(43-21-41-19-26-12-8-6-9-13-26)24(3)16-17-33(32,36)44-22-42-20-27-14-10-7-11-15-27/h6-15,24,30-31,38-40H,1,16-22H2,2-5H3/t24?,30?,31?,32?,33-,34?,35+,36?/m0/s1. The number of ether oxygens (including phenoxy) is 5. The lowest BCUT2D eigenvalue weighted by Crippen LogP contribution is -2.78. The number of carbonyl (C=O) groups is 1. The van der Waals surface area contributed by atoms with Crippen molar-refractivity contribution in [3.05, 3.63) is 95.1 Å². The fraction of sp³-hybridized carbons (Fsp3) is 0.528. The van der Waals surface area contributed by atoms with Gasteiger partial charge in [-0.2, -0.15) is 0 Å². The van der Waals surface area contributed by atoms with Crippen molar-refractivity contribution in [1.29, 1.82) is 0 Å². The van der Waals surface area contributed by atoms with Gasteiger partial charge in [0.1, 0.15) is 37.0 Å². The van der Waals surface area contributed by atoms with Crippen molar-refractivity contribution in [3.63, 3.8) is 0 Å². The Balaban J connectivity index is 1.44. The van der Waals surface area contributed by atoms with Crippen LogP contribution in [0.15, 0.2) is 84.0 Å². The fourth-order valence-electron chi connectivity index (χ4n) is 9.15. The molecule has 45 heavy (non-hydrogen) atoms. The van der Waals surface area contributed by atoms with Crippen LogP contribution in [-0.4, -0.2) is 69.5 Å². The molecule has 9 heteroatoms. The third-order valence-electron chi connectivity index (χ3n) is 11.1. The van der Waals surface area contributed by atoms with Crippen LogP contribution >= 0.6 is 0 Å². The third kappa shape index (κ3) is 4.15. The van der Waals surface area contributed by atoms with E-state index in [0.29, 0.717) is 24.0 Å². The molecule has 1 heterocycles. The molecule has 0 spiro atoms. The fourth-order valence-corrected chi connectivity index (χ4v) is 9.15. The van der Waals surface area contributed by atoms with E-state index in [4.69, 9.17) is 23.7 Å². The molecular weight excluding hydrogens is 576 g/mol. The molecule has 242 valence electrons. The van der Waals surface area contributed by atoms with E-state index in [-0.39, 0.29) is 44.7 Å². The second-order valence-electron chi connectivity index (χ2n) is 13.4. The van der Waals surface area contributed by atoms with Crippen molar-refractivity contribution in [3.8, 4) is 0 Å². The maximum absolute atomic E-state index is 13.6. The first-order chi connectivity index (χ1) is 21.4. The van der Waals surface area contributed by atoms with Crippen molar-refractivity contribution in [2.75, 3.05) is 13.6 Å². The highest BCUT2D eigenvalue weighted by Crippen LogP contribution is 2.78. The summed E-state index contributed by atoms with van der Waals surface area (Å²) in [5.41, 5.74) is -6.59. The number of benzene rings is 2. The monoisotopic (exact) mass is 620 g/mol. The van der Waals surface area contributed by atoms with Crippen molar-refractivity contribution in [2.24, 2.45) is 11.3 Å². The van der Waals surface area contributed by atoms with Gasteiger partial charge in [0.05, 0.1) is 19.6 Å². The Kier molecular flexibility index (Phi) is 8.14. The molecule has 2 aromatic carbocycles. The van der Waals surface area contributed by atoms with Gasteiger partial charge >= 0.3 is 5.97 Å². The number of aliphatic hydroxyl groups is 3. The number of esters is 1. The molecule has 2 aromatic rings. The lowest BCUT2D eigenvalue weighted by Gasteiger charge is -2.62. The molecule has 4 aliphatic rings. The zero-order valence-corrected chi connectivity index (χ0v) is 26.5. The predicted octanol–water partition coefficient (Wildman–Crippen LogP) is 4.34. The quantitative estimate of drug-likeness (QED) is 0.191. The van der Waals surface area contributed by atoms with Crippen LogP contribution in [0, 0.1) is 11.3 Å². The molecule has 2 bridgehead atoms. The van der Waals surface area contributed by atoms with Crippen LogP contribution in [0.25, 0.3) is 0 Å². The van der Waals surface area contributed by atoms with Crippen LogP contribution in [0.1, 0.15) is 58.1 Å². The third-order valence-corrected chi connectivity index (χ3v) is 11.1. The maximum Gasteiger partial charge on any atom is 0.307 e. The van der Waals surface area contributed by atoms with Gasteiger partial charge in [-0.05, 0) is 54.9 Å². The van der Waals surface area contributed by atoms with Crippen LogP contribution in [-0.2, 0) is 41.7 Å². The van der Waals surface area contributed by atoms with Gasteiger partial charge in [-0.3, -0.25) is 4.79 Å². The van der Waals surface area contributed by atoms with E-state index < -0.39 is 46.0 Å². The Hall–Kier alpha value is -2.89. The largest absolute Gasteiger partial charge is 0.449 e. The topological polar surface area (TPSA) is 124 Å². The number of fused-ring (bicyclic) bond motifs is 2. The van der Waals surface area contributed by atoms with Crippen molar-refractivity contribution >= 4 is 5.97 Å². The summed E-state index contributed by atoms with van der Waals surface area (Å²) in [6, 6.07) is 19.3. The second-order valence-corrected chi connectivity index (χ2v) is 13.4. The summed E-state index contributed by atoms with van der Waals surface area (Å²) >= 11 is 0. The van der Waals surface area contributed by atoms with Gasteiger partial charge < -0.3 is 39.0 Å². The molecule has 1 saturated heterocycles. The van der Waals surface area contributed by atoms with Crippen molar-refractivity contribution in [2.45, 2.75) is 94.8 Å². The number of hydrogen-bond donors (Lipinski definition) is 3. The van der Waals surface area contributed by atoms with Gasteiger partial charge in [0.2, 0.25) is 5.60 Å². The number of hydrogen-bond acceptors (Lipinski definition) is 9. The van der Waals surface area contributed by atoms with Crippen LogP contribution in [0.5, 0.6) is 0 Å². The number of carbonyl (C=O) groups excluding carboxylic acids is 1. The van der Waals surface area contributed by atoms with E-state index in [1.807, 2.05) is 67.6 Å². The molecule has 3 fully saturated rings. The summed E-state index contributed by atoms with van der Waals surface area (Å²) in [6.45, 7) is 11.2. The molecule has 0 radical (unpaired) electrons. The zero-order valence-electron chi connectivity index (χ0n) is 26.5. The first-order valence-electron chi connectivity index (χ1n) is 15.6. The minimum Gasteiger partial charge on any atom is -0.449 e. The lowest BCUT2D eigenvalue weighted by molar-refractivity contribution is -0.346. The summed E-state index contributed by atoms with van der Waals surface area (Å²) in [5.74, 6) is -0.879. The highest BCUT2D eigenvalue weighted by Gasteiger charge is 2.97. The first-order valence-corrected chi connectivity index (χ1v) is 15.6. The first kappa shape index (κ1) is 32.1. The number of rotatable bonds is 11. The second kappa shape index (κ2) is 11.4. The lowest BCUT2D eigenvalue weighted by atomic mass is 9.55. The zero-order chi connectivity index (χ0) is 32.3. The molecule has 1 aliphatic heterocycles. The smallest absolute Gasteiger partial charge is 0.307 e. The molecule has 3 aliphatic carbocycles. The van der Waals surface area contributed by atoms with Gasteiger partial charge in [-0.15, -0.1) is 0 Å².